The molecule has 1 aromatic carbocycles. The molecule has 0 aromatic heterocycles. The van der Waals surface area contributed by atoms with Gasteiger partial charge in [0.2, 0.25) is 10.0 Å². The van der Waals surface area contributed by atoms with Gasteiger partial charge in [0.25, 0.3) is 0 Å². The molecule has 0 radical (unpaired) electrons. The van der Waals surface area contributed by atoms with Crippen molar-refractivity contribution in [2.24, 2.45) is 0 Å². The first-order valence-corrected chi connectivity index (χ1v) is 8.79. The third-order valence-electron chi connectivity index (χ3n) is 4.59. The molecule has 0 bridgehead atoms. The first-order chi connectivity index (χ1) is 9.78. The highest BCUT2D eigenvalue weighted by atomic mass is 32.2. The highest BCUT2D eigenvalue weighted by Crippen LogP contribution is 2.33. The summed E-state index contributed by atoms with van der Waals surface area (Å²) >= 11 is 0. The molecule has 1 fully saturated rings. The van der Waals surface area contributed by atoms with Crippen molar-refractivity contribution in [1.82, 2.24) is 9.62 Å². The summed E-state index contributed by atoms with van der Waals surface area (Å²) in [4.78, 5) is 2.35. The molecule has 3 N–H and O–H groups in total. The Labute approximate surface area is 127 Å². The molecule has 6 heteroatoms. The molecule has 0 saturated heterocycles. The van der Waals surface area contributed by atoms with Crippen LogP contribution in [0.4, 0.5) is 5.69 Å². The van der Waals surface area contributed by atoms with Crippen molar-refractivity contribution in [1.29, 1.82) is 0 Å². The number of nitrogens with zero attached hydrogens (tertiary/aromatic N) is 1. The molecule has 1 aliphatic carbocycles. The summed E-state index contributed by atoms with van der Waals surface area (Å²) in [5.74, 6) is 0. The van der Waals surface area contributed by atoms with E-state index >= 15 is 0 Å². The van der Waals surface area contributed by atoms with Gasteiger partial charge in [-0.3, -0.25) is 0 Å². The third-order valence-corrected chi connectivity index (χ3v) is 6.20. The average Bonchev–Trinajstić information content (AvgIpc) is 2.86. The number of aryl methyl sites for hydroxylation is 1. The van der Waals surface area contributed by atoms with Crippen molar-refractivity contribution in [3.8, 4) is 0 Å². The van der Waals surface area contributed by atoms with Gasteiger partial charge in [-0.25, -0.2) is 13.1 Å². The van der Waals surface area contributed by atoms with Gasteiger partial charge in [0.15, 0.2) is 0 Å². The first-order valence-electron chi connectivity index (χ1n) is 7.31. The second-order valence-electron chi connectivity index (χ2n) is 6.14. The van der Waals surface area contributed by atoms with Gasteiger partial charge in [0.05, 0.1) is 5.69 Å². The van der Waals surface area contributed by atoms with Crippen molar-refractivity contribution >= 4 is 15.7 Å². The van der Waals surface area contributed by atoms with Crippen molar-refractivity contribution in [3.05, 3.63) is 23.8 Å². The molecule has 0 spiro atoms. The van der Waals surface area contributed by atoms with E-state index in [1.165, 1.54) is 0 Å². The molecular weight excluding hydrogens is 286 g/mol. The summed E-state index contributed by atoms with van der Waals surface area (Å²) in [6.07, 6.45) is 4.33. The van der Waals surface area contributed by atoms with Gasteiger partial charge in [0, 0.05) is 12.1 Å². The third kappa shape index (κ3) is 3.22. The Morgan fingerprint density at radius 1 is 1.29 bits per heavy atom. The minimum atomic E-state index is -3.58. The van der Waals surface area contributed by atoms with Crippen LogP contribution in [0, 0.1) is 6.92 Å². The van der Waals surface area contributed by atoms with Crippen LogP contribution in [0.25, 0.3) is 0 Å². The number of anilines is 1. The number of rotatable bonds is 5. The predicted octanol–water partition coefficient (Wildman–Crippen LogP) is 1.73. The van der Waals surface area contributed by atoms with Crippen molar-refractivity contribution < 1.29 is 8.42 Å². The standard InChI is InChI=1S/C15H25N3O2S/c1-12-7-6-8-13(16)14(12)21(19,20)17-11-15(18(2)3)9-4-5-10-15/h6-8,17H,4-5,9-11,16H2,1-3H3. The summed E-state index contributed by atoms with van der Waals surface area (Å²) in [6.45, 7) is 2.19. The molecule has 0 amide bonds. The van der Waals surface area contributed by atoms with E-state index in [1.807, 2.05) is 14.1 Å². The number of nitrogens with two attached hydrogens (primary N) is 1. The molecule has 1 aromatic rings. The Kier molecular flexibility index (Phi) is 4.60. The fourth-order valence-electron chi connectivity index (χ4n) is 3.16. The van der Waals surface area contributed by atoms with Crippen LogP contribution >= 0.6 is 0 Å². The number of nitrogen functional groups attached to an aromatic ring is 1. The summed E-state index contributed by atoms with van der Waals surface area (Å²) in [6, 6.07) is 5.16. The summed E-state index contributed by atoms with van der Waals surface area (Å²) < 4.78 is 27.9. The fraction of sp³-hybridized carbons (Fsp3) is 0.600. The zero-order chi connectivity index (χ0) is 15.7. The van der Waals surface area contributed by atoms with Crippen LogP contribution in [-0.2, 0) is 10.0 Å². The maximum Gasteiger partial charge on any atom is 0.242 e. The molecule has 2 rings (SSSR count). The van der Waals surface area contributed by atoms with Gasteiger partial charge in [0.1, 0.15) is 4.90 Å². The molecule has 0 aliphatic heterocycles. The van der Waals surface area contributed by atoms with Crippen LogP contribution < -0.4 is 10.5 Å². The maximum atomic E-state index is 12.6. The van der Waals surface area contributed by atoms with E-state index in [9.17, 15) is 8.42 Å². The molecular formula is C15H25N3O2S. The zero-order valence-corrected chi connectivity index (χ0v) is 13.8. The maximum absolute atomic E-state index is 12.6. The van der Waals surface area contributed by atoms with E-state index in [2.05, 4.69) is 9.62 Å². The SMILES string of the molecule is Cc1cccc(N)c1S(=O)(=O)NCC1(N(C)C)CCCC1. The minimum absolute atomic E-state index is 0.0789. The van der Waals surface area contributed by atoms with Crippen LogP contribution in [0.5, 0.6) is 0 Å². The van der Waals surface area contributed by atoms with Crippen LogP contribution in [0.3, 0.4) is 0 Å². The lowest BCUT2D eigenvalue weighted by molar-refractivity contribution is 0.162. The molecule has 118 valence electrons. The highest BCUT2D eigenvalue weighted by Gasteiger charge is 2.37. The normalized spacial score (nSPS) is 18.3. The molecule has 0 unspecified atom stereocenters. The minimum Gasteiger partial charge on any atom is -0.398 e. The van der Waals surface area contributed by atoms with Crippen LogP contribution in [0.15, 0.2) is 23.1 Å². The zero-order valence-electron chi connectivity index (χ0n) is 13.0. The van der Waals surface area contributed by atoms with Crippen molar-refractivity contribution in [3.63, 3.8) is 0 Å². The molecule has 5 nitrogen and oxygen atoms in total. The van der Waals surface area contributed by atoms with Gasteiger partial charge < -0.3 is 10.6 Å². The predicted molar refractivity (Wildman–Crippen MR) is 85.7 cm³/mol. The molecule has 1 saturated carbocycles. The van der Waals surface area contributed by atoms with Gasteiger partial charge in [-0.2, -0.15) is 0 Å². The first kappa shape index (κ1) is 16.3. The van der Waals surface area contributed by atoms with E-state index in [4.69, 9.17) is 5.73 Å². The van der Waals surface area contributed by atoms with Crippen molar-refractivity contribution in [2.45, 2.75) is 43.0 Å². The number of benzene rings is 1. The number of likely N-dealkylation sites (N-methyl/N-ethyl adjacent to an activating group) is 1. The Bertz CT molecular complexity index is 585. The fourth-order valence-corrected chi connectivity index (χ4v) is 4.63. The van der Waals surface area contributed by atoms with E-state index in [0.717, 1.165) is 25.7 Å². The second kappa shape index (κ2) is 5.94. The Morgan fingerprint density at radius 2 is 1.90 bits per heavy atom. The summed E-state index contributed by atoms with van der Waals surface area (Å²) in [5, 5.41) is 0. The monoisotopic (exact) mass is 311 g/mol. The smallest absolute Gasteiger partial charge is 0.242 e. The number of sulfonamides is 1. The average molecular weight is 311 g/mol. The second-order valence-corrected chi connectivity index (χ2v) is 7.85. The molecule has 0 atom stereocenters. The van der Waals surface area contributed by atoms with Gasteiger partial charge in [-0.05, 0) is 45.5 Å². The van der Waals surface area contributed by atoms with Crippen molar-refractivity contribution in [2.75, 3.05) is 26.4 Å². The quantitative estimate of drug-likeness (QED) is 0.812. The summed E-state index contributed by atoms with van der Waals surface area (Å²) in [7, 11) is 0.449. The number of nitrogens with one attached hydrogen (secondary N) is 1. The largest absolute Gasteiger partial charge is 0.398 e. The topological polar surface area (TPSA) is 75.4 Å². The molecule has 0 heterocycles. The highest BCUT2D eigenvalue weighted by molar-refractivity contribution is 7.89. The molecule has 21 heavy (non-hydrogen) atoms. The van der Waals surface area contributed by atoms with Crippen LogP contribution in [0.1, 0.15) is 31.2 Å². The lowest BCUT2D eigenvalue weighted by Gasteiger charge is -2.36. The Hall–Kier alpha value is -1.11. The van der Waals surface area contributed by atoms with Gasteiger partial charge in [-0.15, -0.1) is 0 Å². The van der Waals surface area contributed by atoms with Gasteiger partial charge >= 0.3 is 0 Å². The number of hydrogen-bond donors (Lipinski definition) is 2. The Morgan fingerprint density at radius 3 is 2.43 bits per heavy atom. The lowest BCUT2D eigenvalue weighted by atomic mass is 9.97. The summed E-state index contributed by atoms with van der Waals surface area (Å²) in [5.41, 5.74) is 6.75. The van der Waals surface area contributed by atoms with Gasteiger partial charge in [-0.1, -0.05) is 25.0 Å². The van der Waals surface area contributed by atoms with E-state index < -0.39 is 10.0 Å². The van der Waals surface area contributed by atoms with Crippen LogP contribution in [0.2, 0.25) is 0 Å². The van der Waals surface area contributed by atoms with E-state index in [0.29, 0.717) is 17.8 Å². The lowest BCUT2D eigenvalue weighted by Crippen LogP contribution is -2.50. The van der Waals surface area contributed by atoms with E-state index in [1.54, 1.807) is 25.1 Å². The van der Waals surface area contributed by atoms with Crippen LogP contribution in [-0.4, -0.2) is 39.5 Å². The number of hydrogen-bond acceptors (Lipinski definition) is 4. The van der Waals surface area contributed by atoms with E-state index in [-0.39, 0.29) is 10.4 Å². The Balaban J connectivity index is 2.22. The molecule has 1 aliphatic rings.